The van der Waals surface area contributed by atoms with E-state index in [9.17, 15) is 4.79 Å². The van der Waals surface area contributed by atoms with E-state index in [4.69, 9.17) is 11.6 Å². The number of halogens is 1. The Bertz CT molecular complexity index is 648. The molecule has 3 rings (SSSR count). The Morgan fingerprint density at radius 2 is 2.32 bits per heavy atom. The van der Waals surface area contributed by atoms with Crippen LogP contribution >= 0.6 is 11.6 Å². The summed E-state index contributed by atoms with van der Waals surface area (Å²) in [4.78, 5) is 12.0. The zero-order valence-corrected chi connectivity index (χ0v) is 11.4. The molecular formula is C14H14ClN3O. The van der Waals surface area contributed by atoms with Crippen LogP contribution in [0.15, 0.2) is 24.3 Å². The van der Waals surface area contributed by atoms with Crippen LogP contribution in [-0.2, 0) is 13.1 Å². The average Bonchev–Trinajstić information content (AvgIpc) is 2.99. The van der Waals surface area contributed by atoms with E-state index in [1.165, 1.54) is 0 Å². The molecule has 0 saturated carbocycles. The molecule has 1 aliphatic heterocycles. The number of hydrogen-bond donors (Lipinski definition) is 1. The Morgan fingerprint density at radius 3 is 3.05 bits per heavy atom. The fourth-order valence-electron chi connectivity index (χ4n) is 2.37. The van der Waals surface area contributed by atoms with Crippen molar-refractivity contribution < 1.29 is 4.79 Å². The lowest BCUT2D eigenvalue weighted by Crippen LogP contribution is -2.10. The van der Waals surface area contributed by atoms with Gasteiger partial charge in [-0.3, -0.25) is 4.79 Å². The van der Waals surface area contributed by atoms with E-state index >= 15 is 0 Å². The first-order valence-corrected chi connectivity index (χ1v) is 6.69. The highest BCUT2D eigenvalue weighted by molar-refractivity contribution is 6.30. The SMILES string of the molecule is CCC(=O)c1nn(-c2cccc(Cl)c2)c2c1CNC2. The topological polar surface area (TPSA) is 46.9 Å². The van der Waals surface area contributed by atoms with Crippen molar-refractivity contribution in [2.24, 2.45) is 0 Å². The third-order valence-electron chi connectivity index (χ3n) is 3.32. The summed E-state index contributed by atoms with van der Waals surface area (Å²) in [6.45, 7) is 3.29. The minimum atomic E-state index is 0.0840. The van der Waals surface area contributed by atoms with Crippen LogP contribution in [-0.4, -0.2) is 15.6 Å². The Hall–Kier alpha value is -1.65. The van der Waals surface area contributed by atoms with Crippen LogP contribution in [0, 0.1) is 0 Å². The van der Waals surface area contributed by atoms with Gasteiger partial charge >= 0.3 is 0 Å². The summed E-state index contributed by atoms with van der Waals surface area (Å²) in [6.07, 6.45) is 0.471. The summed E-state index contributed by atoms with van der Waals surface area (Å²) in [5.41, 5.74) is 3.55. The number of hydrogen-bond acceptors (Lipinski definition) is 3. The summed E-state index contributed by atoms with van der Waals surface area (Å²) < 4.78 is 1.82. The van der Waals surface area contributed by atoms with Crippen molar-refractivity contribution in [2.75, 3.05) is 0 Å². The molecule has 2 heterocycles. The molecular weight excluding hydrogens is 262 g/mol. The highest BCUT2D eigenvalue weighted by Crippen LogP contribution is 2.25. The van der Waals surface area contributed by atoms with E-state index in [2.05, 4.69) is 10.4 Å². The molecule has 19 heavy (non-hydrogen) atoms. The second-order valence-electron chi connectivity index (χ2n) is 4.55. The summed E-state index contributed by atoms with van der Waals surface area (Å²) in [7, 11) is 0. The summed E-state index contributed by atoms with van der Waals surface area (Å²) in [5.74, 6) is 0.0840. The van der Waals surface area contributed by atoms with Crippen LogP contribution in [0.3, 0.4) is 0 Å². The molecule has 0 spiro atoms. The van der Waals surface area contributed by atoms with E-state index in [0.29, 0.717) is 23.7 Å². The third kappa shape index (κ3) is 2.07. The van der Waals surface area contributed by atoms with Crippen LogP contribution < -0.4 is 5.32 Å². The first-order valence-electron chi connectivity index (χ1n) is 6.31. The highest BCUT2D eigenvalue weighted by Gasteiger charge is 2.25. The maximum absolute atomic E-state index is 12.0. The Morgan fingerprint density at radius 1 is 1.47 bits per heavy atom. The molecule has 0 amide bonds. The number of carbonyl (C=O) groups is 1. The number of nitrogens with one attached hydrogen (secondary N) is 1. The molecule has 0 radical (unpaired) electrons. The quantitative estimate of drug-likeness (QED) is 0.876. The standard InChI is InChI=1S/C14H14ClN3O/c1-2-13(19)14-11-7-16-8-12(11)18(17-14)10-5-3-4-9(15)6-10/h3-6,16H,2,7-8H2,1H3. The van der Waals surface area contributed by atoms with Crippen LogP contribution in [0.25, 0.3) is 5.69 Å². The molecule has 0 unspecified atom stereocenters. The Kier molecular flexibility index (Phi) is 3.12. The first kappa shape index (κ1) is 12.4. The van der Waals surface area contributed by atoms with Gasteiger partial charge in [0, 0.05) is 30.1 Å². The zero-order valence-electron chi connectivity index (χ0n) is 10.6. The zero-order chi connectivity index (χ0) is 13.4. The summed E-state index contributed by atoms with van der Waals surface area (Å²) in [5, 5.41) is 8.41. The number of carbonyl (C=O) groups excluding carboxylic acids is 1. The van der Waals surface area contributed by atoms with Gasteiger partial charge in [-0.1, -0.05) is 24.6 Å². The molecule has 2 aromatic rings. The minimum absolute atomic E-state index is 0.0840. The number of fused-ring (bicyclic) bond motifs is 1. The van der Waals surface area contributed by atoms with Gasteiger partial charge in [-0.15, -0.1) is 0 Å². The molecule has 1 N–H and O–H groups in total. The molecule has 0 aliphatic carbocycles. The van der Waals surface area contributed by atoms with E-state index < -0.39 is 0 Å². The summed E-state index contributed by atoms with van der Waals surface area (Å²) in [6, 6.07) is 7.51. The van der Waals surface area contributed by atoms with Crippen molar-refractivity contribution in [3.63, 3.8) is 0 Å². The van der Waals surface area contributed by atoms with Crippen LogP contribution in [0.4, 0.5) is 0 Å². The van der Waals surface area contributed by atoms with Crippen LogP contribution in [0.1, 0.15) is 35.1 Å². The van der Waals surface area contributed by atoms with Gasteiger partial charge in [-0.25, -0.2) is 4.68 Å². The number of rotatable bonds is 3. The maximum Gasteiger partial charge on any atom is 0.183 e. The predicted octanol–water partition coefficient (Wildman–Crippen LogP) is 2.72. The minimum Gasteiger partial charge on any atom is -0.307 e. The Balaban J connectivity index is 2.15. The van der Waals surface area contributed by atoms with Crippen molar-refractivity contribution in [2.45, 2.75) is 26.4 Å². The van der Waals surface area contributed by atoms with Crippen molar-refractivity contribution >= 4 is 17.4 Å². The number of aromatic nitrogens is 2. The fraction of sp³-hybridized carbons (Fsp3) is 0.286. The smallest absolute Gasteiger partial charge is 0.183 e. The molecule has 5 heteroatoms. The van der Waals surface area contributed by atoms with Gasteiger partial charge in [0.05, 0.1) is 11.4 Å². The second kappa shape index (κ2) is 4.79. The first-order chi connectivity index (χ1) is 9.20. The van der Waals surface area contributed by atoms with E-state index in [0.717, 1.165) is 23.5 Å². The number of ketones is 1. The molecule has 0 saturated heterocycles. The van der Waals surface area contributed by atoms with Gasteiger partial charge in [0.1, 0.15) is 5.69 Å². The molecule has 0 bridgehead atoms. The molecule has 1 aromatic heterocycles. The molecule has 0 atom stereocenters. The van der Waals surface area contributed by atoms with Gasteiger partial charge in [0.15, 0.2) is 5.78 Å². The molecule has 0 fully saturated rings. The number of Topliss-reactive ketones (excluding diaryl/α,β-unsaturated/α-hetero) is 1. The number of nitrogens with zero attached hydrogens (tertiary/aromatic N) is 2. The van der Waals surface area contributed by atoms with E-state index in [1.54, 1.807) is 0 Å². The third-order valence-corrected chi connectivity index (χ3v) is 3.56. The van der Waals surface area contributed by atoms with Crippen molar-refractivity contribution in [1.82, 2.24) is 15.1 Å². The lowest BCUT2D eigenvalue weighted by atomic mass is 10.1. The predicted molar refractivity (Wildman–Crippen MR) is 73.7 cm³/mol. The lowest BCUT2D eigenvalue weighted by Gasteiger charge is -2.05. The Labute approximate surface area is 116 Å². The molecule has 98 valence electrons. The maximum atomic E-state index is 12.0. The van der Waals surface area contributed by atoms with Gasteiger partial charge < -0.3 is 5.32 Å². The highest BCUT2D eigenvalue weighted by atomic mass is 35.5. The average molecular weight is 276 g/mol. The van der Waals surface area contributed by atoms with Gasteiger partial charge in [-0.2, -0.15) is 5.10 Å². The number of benzene rings is 1. The lowest BCUT2D eigenvalue weighted by molar-refractivity contribution is 0.0982. The second-order valence-corrected chi connectivity index (χ2v) is 4.98. The van der Waals surface area contributed by atoms with Gasteiger partial charge in [-0.05, 0) is 18.2 Å². The normalized spacial score (nSPS) is 13.6. The van der Waals surface area contributed by atoms with Crippen molar-refractivity contribution in [3.05, 3.63) is 46.2 Å². The largest absolute Gasteiger partial charge is 0.307 e. The van der Waals surface area contributed by atoms with Crippen molar-refractivity contribution in [3.8, 4) is 5.69 Å². The van der Waals surface area contributed by atoms with E-state index in [1.807, 2.05) is 35.9 Å². The van der Waals surface area contributed by atoms with Crippen LogP contribution in [0.2, 0.25) is 5.02 Å². The van der Waals surface area contributed by atoms with E-state index in [-0.39, 0.29) is 5.78 Å². The van der Waals surface area contributed by atoms with Crippen LogP contribution in [0.5, 0.6) is 0 Å². The van der Waals surface area contributed by atoms with Crippen molar-refractivity contribution in [1.29, 1.82) is 0 Å². The molecule has 1 aromatic carbocycles. The monoisotopic (exact) mass is 275 g/mol. The molecule has 1 aliphatic rings. The van der Waals surface area contributed by atoms with Gasteiger partial charge in [0.25, 0.3) is 0 Å². The van der Waals surface area contributed by atoms with Gasteiger partial charge in [0.2, 0.25) is 0 Å². The fourth-order valence-corrected chi connectivity index (χ4v) is 2.56. The molecule has 4 nitrogen and oxygen atoms in total. The summed E-state index contributed by atoms with van der Waals surface area (Å²) >= 11 is 6.02.